The van der Waals surface area contributed by atoms with Crippen LogP contribution in [0.15, 0.2) is 34.2 Å². The van der Waals surface area contributed by atoms with E-state index in [1.54, 1.807) is 24.3 Å². The van der Waals surface area contributed by atoms with Crippen LogP contribution in [0.4, 0.5) is 0 Å². The predicted octanol–water partition coefficient (Wildman–Crippen LogP) is 1.45. The molecule has 0 aliphatic carbocycles. The molecule has 0 aliphatic rings. The van der Waals surface area contributed by atoms with Crippen molar-refractivity contribution in [3.8, 4) is 0 Å². The Morgan fingerprint density at radius 2 is 1.86 bits per heavy atom. The van der Waals surface area contributed by atoms with Crippen LogP contribution in [0, 0.1) is 0 Å². The maximum atomic E-state index is 11.7. The molecule has 0 saturated carbocycles. The van der Waals surface area contributed by atoms with Gasteiger partial charge in [-0.15, -0.1) is 0 Å². The molecule has 3 N–H and O–H groups in total. The van der Waals surface area contributed by atoms with Crippen LogP contribution in [-0.2, 0) is 16.6 Å². The molecule has 1 atom stereocenters. The molecule has 124 valence electrons. The van der Waals surface area contributed by atoms with Crippen molar-refractivity contribution in [1.82, 2.24) is 15.4 Å². The predicted molar refractivity (Wildman–Crippen MR) is 90.4 cm³/mol. The van der Waals surface area contributed by atoms with E-state index in [4.69, 9.17) is 0 Å². The summed E-state index contributed by atoms with van der Waals surface area (Å²) in [7, 11) is -1.99. The molecule has 1 aromatic rings. The Morgan fingerprint density at radius 1 is 1.23 bits per heavy atom. The van der Waals surface area contributed by atoms with Crippen LogP contribution in [0.25, 0.3) is 0 Å². The molecule has 0 aromatic heterocycles. The molecular weight excluding hydrogens is 300 g/mol. The number of benzene rings is 1. The Bertz CT molecular complexity index is 582. The number of nitrogens with one attached hydrogen (secondary N) is 3. The molecule has 6 nitrogen and oxygen atoms in total. The van der Waals surface area contributed by atoms with E-state index in [1.165, 1.54) is 7.05 Å². The van der Waals surface area contributed by atoms with E-state index in [0.29, 0.717) is 12.6 Å². The van der Waals surface area contributed by atoms with Crippen molar-refractivity contribution >= 4 is 16.0 Å². The highest BCUT2D eigenvalue weighted by Crippen LogP contribution is 2.10. The highest BCUT2D eigenvalue weighted by Gasteiger charge is 2.10. The summed E-state index contributed by atoms with van der Waals surface area (Å²) < 4.78 is 25.6. The monoisotopic (exact) mass is 326 g/mol. The highest BCUT2D eigenvalue weighted by atomic mass is 32.2. The maximum absolute atomic E-state index is 11.7. The van der Waals surface area contributed by atoms with E-state index in [2.05, 4.69) is 34.2 Å². The van der Waals surface area contributed by atoms with Gasteiger partial charge in [-0.05, 0) is 45.0 Å². The zero-order chi connectivity index (χ0) is 16.6. The fraction of sp³-hybridized carbons (Fsp3) is 0.533. The van der Waals surface area contributed by atoms with Gasteiger partial charge in [-0.2, -0.15) is 0 Å². The van der Waals surface area contributed by atoms with E-state index in [0.717, 1.165) is 24.5 Å². The third-order valence-corrected chi connectivity index (χ3v) is 4.69. The molecule has 1 unspecified atom stereocenters. The molecule has 0 aliphatic heterocycles. The van der Waals surface area contributed by atoms with Gasteiger partial charge in [0.05, 0.1) is 11.4 Å². The Kier molecular flexibility index (Phi) is 7.34. The molecule has 0 saturated heterocycles. The zero-order valence-electron chi connectivity index (χ0n) is 13.7. The summed E-state index contributed by atoms with van der Waals surface area (Å²) in [4.78, 5) is 4.77. The number of aliphatic imine (C=N–C) groups is 1. The second-order valence-corrected chi connectivity index (χ2v) is 6.89. The summed E-state index contributed by atoms with van der Waals surface area (Å²) in [6.45, 7) is 7.52. The van der Waals surface area contributed by atoms with Gasteiger partial charge in [-0.25, -0.2) is 18.1 Å². The smallest absolute Gasteiger partial charge is 0.240 e. The molecule has 1 aromatic carbocycles. The molecule has 0 radical (unpaired) electrons. The minimum absolute atomic E-state index is 0.257. The Labute approximate surface area is 133 Å². The summed E-state index contributed by atoms with van der Waals surface area (Å²) in [5.41, 5.74) is 0.955. The van der Waals surface area contributed by atoms with E-state index in [9.17, 15) is 8.42 Å². The summed E-state index contributed by atoms with van der Waals surface area (Å²) in [5, 5.41) is 6.51. The first-order chi connectivity index (χ1) is 10.4. The number of rotatable bonds is 7. The lowest BCUT2D eigenvalue weighted by Crippen LogP contribution is -2.41. The highest BCUT2D eigenvalue weighted by molar-refractivity contribution is 7.89. The van der Waals surface area contributed by atoms with Crippen molar-refractivity contribution in [3.63, 3.8) is 0 Å². The second-order valence-electron chi connectivity index (χ2n) is 5.00. The van der Waals surface area contributed by atoms with E-state index in [1.807, 2.05) is 6.92 Å². The van der Waals surface area contributed by atoms with Gasteiger partial charge in [0.2, 0.25) is 10.0 Å². The Balaban J connectivity index is 2.78. The molecule has 1 rings (SSSR count). The van der Waals surface area contributed by atoms with Crippen LogP contribution < -0.4 is 15.4 Å². The number of hydrogen-bond donors (Lipinski definition) is 3. The molecule has 7 heteroatoms. The minimum Gasteiger partial charge on any atom is -0.357 e. The number of hydrogen-bond acceptors (Lipinski definition) is 3. The Hall–Kier alpha value is -1.60. The minimum atomic E-state index is -3.38. The van der Waals surface area contributed by atoms with Gasteiger partial charge in [-0.1, -0.05) is 19.1 Å². The molecule has 0 fully saturated rings. The summed E-state index contributed by atoms with van der Waals surface area (Å²) in [6.07, 6.45) is 1.01. The number of sulfonamides is 1. The van der Waals surface area contributed by atoms with Crippen LogP contribution in [0.5, 0.6) is 0 Å². The number of nitrogens with zero attached hydrogens (tertiary/aromatic N) is 1. The average Bonchev–Trinajstić information content (AvgIpc) is 2.53. The maximum Gasteiger partial charge on any atom is 0.240 e. The third-order valence-electron chi connectivity index (χ3n) is 3.26. The van der Waals surface area contributed by atoms with Crippen molar-refractivity contribution in [2.45, 2.75) is 44.7 Å². The summed E-state index contributed by atoms with van der Waals surface area (Å²) >= 11 is 0. The van der Waals surface area contributed by atoms with Crippen molar-refractivity contribution in [3.05, 3.63) is 29.8 Å². The average molecular weight is 326 g/mol. The first-order valence-corrected chi connectivity index (χ1v) is 8.98. The number of guanidine groups is 1. The molecule has 0 heterocycles. The van der Waals surface area contributed by atoms with Crippen LogP contribution >= 0.6 is 0 Å². The topological polar surface area (TPSA) is 82.6 Å². The van der Waals surface area contributed by atoms with E-state index >= 15 is 0 Å². The summed E-state index contributed by atoms with van der Waals surface area (Å²) in [6, 6.07) is 7.08. The fourth-order valence-electron chi connectivity index (χ4n) is 1.72. The van der Waals surface area contributed by atoms with Gasteiger partial charge in [0, 0.05) is 12.6 Å². The van der Waals surface area contributed by atoms with Gasteiger partial charge >= 0.3 is 0 Å². The first kappa shape index (κ1) is 18.4. The Morgan fingerprint density at radius 3 is 2.36 bits per heavy atom. The molecule has 0 bridgehead atoms. The van der Waals surface area contributed by atoms with Crippen molar-refractivity contribution in [1.29, 1.82) is 0 Å². The van der Waals surface area contributed by atoms with Crippen LogP contribution in [0.3, 0.4) is 0 Å². The van der Waals surface area contributed by atoms with Crippen LogP contribution in [0.1, 0.15) is 32.8 Å². The van der Waals surface area contributed by atoms with Crippen molar-refractivity contribution in [2.24, 2.45) is 4.99 Å². The van der Waals surface area contributed by atoms with Gasteiger partial charge in [0.25, 0.3) is 0 Å². The molecule has 0 amide bonds. The lowest BCUT2D eigenvalue weighted by atomic mass is 10.2. The fourth-order valence-corrected chi connectivity index (χ4v) is 2.45. The SMILES string of the molecule is CCNC(=NCc1ccc(S(=O)(=O)NC)cc1)NC(C)CC. The van der Waals surface area contributed by atoms with Gasteiger partial charge in [-0.3, -0.25) is 0 Å². The first-order valence-electron chi connectivity index (χ1n) is 7.50. The quantitative estimate of drug-likeness (QED) is 0.523. The normalized spacial score (nSPS) is 13.7. The molecule has 0 spiro atoms. The van der Waals surface area contributed by atoms with Gasteiger partial charge in [0.1, 0.15) is 0 Å². The van der Waals surface area contributed by atoms with E-state index < -0.39 is 10.0 Å². The molecule has 22 heavy (non-hydrogen) atoms. The second kappa shape index (κ2) is 8.75. The summed E-state index contributed by atoms with van der Waals surface area (Å²) in [5.74, 6) is 0.767. The molecular formula is C15H26N4O2S. The standard InChI is InChI=1S/C15H26N4O2S/c1-5-12(3)19-15(17-6-2)18-11-13-7-9-14(10-8-13)22(20,21)16-4/h7-10,12,16H,5-6,11H2,1-4H3,(H2,17,18,19). The third kappa shape index (κ3) is 5.65. The van der Waals surface area contributed by atoms with Crippen molar-refractivity contribution in [2.75, 3.05) is 13.6 Å². The van der Waals surface area contributed by atoms with Crippen LogP contribution in [0.2, 0.25) is 0 Å². The largest absolute Gasteiger partial charge is 0.357 e. The van der Waals surface area contributed by atoms with Gasteiger partial charge < -0.3 is 10.6 Å². The lowest BCUT2D eigenvalue weighted by Gasteiger charge is -2.16. The zero-order valence-corrected chi connectivity index (χ0v) is 14.5. The van der Waals surface area contributed by atoms with Crippen molar-refractivity contribution < 1.29 is 8.42 Å². The van der Waals surface area contributed by atoms with Gasteiger partial charge in [0.15, 0.2) is 5.96 Å². The lowest BCUT2D eigenvalue weighted by molar-refractivity contribution is 0.588. The van der Waals surface area contributed by atoms with Crippen LogP contribution in [-0.4, -0.2) is 34.0 Å². The van der Waals surface area contributed by atoms with E-state index in [-0.39, 0.29) is 4.90 Å².